The van der Waals surface area contributed by atoms with Crippen LogP contribution < -0.4 is 0 Å². The minimum Gasteiger partial charge on any atom is -0.350 e. The number of ether oxygens (including phenoxy) is 2. The molecule has 2 aliphatic rings. The molecule has 1 aliphatic heterocycles. The highest BCUT2D eigenvalue weighted by atomic mass is 16.7. The summed E-state index contributed by atoms with van der Waals surface area (Å²) >= 11 is 0. The van der Waals surface area contributed by atoms with E-state index < -0.39 is 0 Å². The molecule has 0 aromatic rings. The zero-order chi connectivity index (χ0) is 9.10. The first-order valence-corrected chi connectivity index (χ1v) is 4.80. The van der Waals surface area contributed by atoms with Crippen molar-refractivity contribution in [2.45, 2.75) is 32.0 Å². The highest BCUT2D eigenvalue weighted by Crippen LogP contribution is 2.22. The van der Waals surface area contributed by atoms with Gasteiger partial charge in [0.15, 0.2) is 12.1 Å². The average Bonchev–Trinajstić information content (AvgIpc) is 2.57. The molecule has 0 aromatic heterocycles. The Morgan fingerprint density at radius 3 is 2.77 bits per heavy atom. The molecule has 0 bridgehead atoms. The second kappa shape index (κ2) is 4.03. The monoisotopic (exact) mass is 182 g/mol. The molecule has 0 spiro atoms. The zero-order valence-corrected chi connectivity index (χ0v) is 7.62. The van der Waals surface area contributed by atoms with Crippen LogP contribution in [-0.4, -0.2) is 25.3 Å². The van der Waals surface area contributed by atoms with Gasteiger partial charge in [0.1, 0.15) is 0 Å². The first kappa shape index (κ1) is 8.91. The van der Waals surface area contributed by atoms with E-state index in [0.717, 1.165) is 19.3 Å². The molecular weight excluding hydrogens is 168 g/mol. The maximum absolute atomic E-state index is 11.1. The molecule has 1 aliphatic carbocycles. The summed E-state index contributed by atoms with van der Waals surface area (Å²) in [5.74, 6) is 0.249. The van der Waals surface area contributed by atoms with Crippen LogP contribution in [0, 0.1) is 0 Å². The second-order valence-electron chi connectivity index (χ2n) is 3.50. The third-order valence-electron chi connectivity index (χ3n) is 2.41. The van der Waals surface area contributed by atoms with Gasteiger partial charge in [0.2, 0.25) is 0 Å². The van der Waals surface area contributed by atoms with Crippen LogP contribution in [0.25, 0.3) is 0 Å². The first-order valence-electron chi connectivity index (χ1n) is 4.80. The van der Waals surface area contributed by atoms with Gasteiger partial charge in [-0.3, -0.25) is 4.79 Å². The van der Waals surface area contributed by atoms with Gasteiger partial charge in [0.25, 0.3) is 0 Å². The van der Waals surface area contributed by atoms with Crippen LogP contribution in [0.1, 0.15) is 25.7 Å². The summed E-state index contributed by atoms with van der Waals surface area (Å²) in [4.78, 5) is 11.1. The largest absolute Gasteiger partial charge is 0.350 e. The maximum Gasteiger partial charge on any atom is 0.161 e. The van der Waals surface area contributed by atoms with Gasteiger partial charge in [-0.1, -0.05) is 5.57 Å². The molecule has 0 N–H and O–H groups in total. The van der Waals surface area contributed by atoms with Crippen molar-refractivity contribution in [3.8, 4) is 0 Å². The minimum atomic E-state index is -0.0999. The van der Waals surface area contributed by atoms with E-state index >= 15 is 0 Å². The van der Waals surface area contributed by atoms with Crippen molar-refractivity contribution in [2.75, 3.05) is 13.2 Å². The van der Waals surface area contributed by atoms with Crippen molar-refractivity contribution in [1.82, 2.24) is 0 Å². The smallest absolute Gasteiger partial charge is 0.161 e. The van der Waals surface area contributed by atoms with E-state index in [0.29, 0.717) is 19.6 Å². The molecule has 0 radical (unpaired) electrons. The van der Waals surface area contributed by atoms with E-state index in [1.165, 1.54) is 5.57 Å². The summed E-state index contributed by atoms with van der Waals surface area (Å²) in [6.45, 7) is 1.37. The quantitative estimate of drug-likeness (QED) is 0.648. The lowest BCUT2D eigenvalue weighted by Gasteiger charge is -2.14. The van der Waals surface area contributed by atoms with Gasteiger partial charge in [-0.25, -0.2) is 0 Å². The van der Waals surface area contributed by atoms with Crippen LogP contribution in [0.2, 0.25) is 0 Å². The van der Waals surface area contributed by atoms with Gasteiger partial charge in [-0.05, 0) is 18.9 Å². The number of hydrogen-bond donors (Lipinski definition) is 0. The summed E-state index contributed by atoms with van der Waals surface area (Å²) in [6, 6.07) is 0. The molecule has 0 unspecified atom stereocenters. The van der Waals surface area contributed by atoms with Crippen LogP contribution in [0.4, 0.5) is 0 Å². The Morgan fingerprint density at radius 1 is 1.31 bits per heavy atom. The Morgan fingerprint density at radius 2 is 2.08 bits per heavy atom. The molecule has 0 amide bonds. The average molecular weight is 182 g/mol. The Balaban J connectivity index is 1.89. The van der Waals surface area contributed by atoms with Crippen LogP contribution in [0.15, 0.2) is 11.6 Å². The number of ketones is 1. The third-order valence-corrected chi connectivity index (χ3v) is 2.41. The Kier molecular flexibility index (Phi) is 2.76. The fraction of sp³-hybridized carbons (Fsp3) is 0.700. The van der Waals surface area contributed by atoms with Crippen LogP contribution in [0.3, 0.4) is 0 Å². The van der Waals surface area contributed by atoms with E-state index in [1.807, 2.05) is 0 Å². The summed E-state index contributed by atoms with van der Waals surface area (Å²) in [5, 5.41) is 0. The zero-order valence-electron chi connectivity index (χ0n) is 7.62. The van der Waals surface area contributed by atoms with Gasteiger partial charge < -0.3 is 9.47 Å². The van der Waals surface area contributed by atoms with Crippen LogP contribution in [0.5, 0.6) is 0 Å². The lowest BCUT2D eigenvalue weighted by atomic mass is 9.96. The molecule has 3 heteroatoms. The van der Waals surface area contributed by atoms with Crippen LogP contribution >= 0.6 is 0 Å². The van der Waals surface area contributed by atoms with E-state index in [4.69, 9.17) is 9.47 Å². The molecular formula is C10H14O3. The molecule has 72 valence electrons. The third kappa shape index (κ3) is 2.39. The molecule has 0 atom stereocenters. The van der Waals surface area contributed by atoms with Gasteiger partial charge in [-0.15, -0.1) is 0 Å². The minimum absolute atomic E-state index is 0.0999. The summed E-state index contributed by atoms with van der Waals surface area (Å²) < 4.78 is 10.6. The van der Waals surface area contributed by atoms with E-state index in [9.17, 15) is 4.79 Å². The van der Waals surface area contributed by atoms with Crippen molar-refractivity contribution < 1.29 is 14.3 Å². The normalized spacial score (nSPS) is 24.9. The molecule has 0 saturated carbocycles. The van der Waals surface area contributed by atoms with Crippen molar-refractivity contribution in [3.63, 3.8) is 0 Å². The number of allylic oxidation sites excluding steroid dienone is 1. The summed E-state index contributed by atoms with van der Waals surface area (Å²) in [5.41, 5.74) is 1.18. The van der Waals surface area contributed by atoms with E-state index in [2.05, 4.69) is 0 Å². The molecule has 0 aromatic carbocycles. The number of hydrogen-bond acceptors (Lipinski definition) is 3. The van der Waals surface area contributed by atoms with Gasteiger partial charge in [0.05, 0.1) is 13.2 Å². The number of rotatable bonds is 2. The molecule has 1 saturated heterocycles. The van der Waals surface area contributed by atoms with Gasteiger partial charge in [0, 0.05) is 12.8 Å². The molecule has 2 rings (SSSR count). The molecule has 3 nitrogen and oxygen atoms in total. The lowest BCUT2D eigenvalue weighted by Crippen LogP contribution is -2.12. The fourth-order valence-corrected chi connectivity index (χ4v) is 1.76. The SMILES string of the molecule is O=C1C=C(CC2OCCO2)CCC1. The van der Waals surface area contributed by atoms with Gasteiger partial charge >= 0.3 is 0 Å². The van der Waals surface area contributed by atoms with Crippen molar-refractivity contribution in [3.05, 3.63) is 11.6 Å². The molecule has 1 heterocycles. The van der Waals surface area contributed by atoms with E-state index in [-0.39, 0.29) is 12.1 Å². The maximum atomic E-state index is 11.1. The molecule has 13 heavy (non-hydrogen) atoms. The van der Waals surface area contributed by atoms with E-state index in [1.54, 1.807) is 6.08 Å². The van der Waals surface area contributed by atoms with Crippen molar-refractivity contribution >= 4 is 5.78 Å². The fourth-order valence-electron chi connectivity index (χ4n) is 1.76. The Hall–Kier alpha value is -0.670. The highest BCUT2D eigenvalue weighted by Gasteiger charge is 2.19. The first-order chi connectivity index (χ1) is 6.34. The second-order valence-corrected chi connectivity index (χ2v) is 3.50. The van der Waals surface area contributed by atoms with Crippen molar-refractivity contribution in [2.24, 2.45) is 0 Å². The summed E-state index contributed by atoms with van der Waals surface area (Å²) in [6.07, 6.45) is 5.14. The Labute approximate surface area is 77.7 Å². The predicted octanol–water partition coefficient (Wildman–Crippen LogP) is 1.43. The standard InChI is InChI=1S/C10H14O3/c11-9-3-1-2-8(6-9)7-10-12-4-5-13-10/h6,10H,1-5,7H2. The van der Waals surface area contributed by atoms with Crippen LogP contribution in [-0.2, 0) is 14.3 Å². The summed E-state index contributed by atoms with van der Waals surface area (Å²) in [7, 11) is 0. The predicted molar refractivity (Wildman–Crippen MR) is 47.3 cm³/mol. The molecule has 1 fully saturated rings. The van der Waals surface area contributed by atoms with Crippen molar-refractivity contribution in [1.29, 1.82) is 0 Å². The Bertz CT molecular complexity index is 226. The highest BCUT2D eigenvalue weighted by molar-refractivity contribution is 5.91. The number of carbonyl (C=O) groups excluding carboxylic acids is 1. The lowest BCUT2D eigenvalue weighted by molar-refractivity contribution is -0.115. The number of carbonyl (C=O) groups is 1. The van der Waals surface area contributed by atoms with Gasteiger partial charge in [-0.2, -0.15) is 0 Å². The topological polar surface area (TPSA) is 35.5 Å².